The van der Waals surface area contributed by atoms with Crippen molar-refractivity contribution in [1.29, 1.82) is 0 Å². The first-order valence-corrected chi connectivity index (χ1v) is 7.96. The van der Waals surface area contributed by atoms with Crippen molar-refractivity contribution in [3.05, 3.63) is 64.1 Å². The van der Waals surface area contributed by atoms with Gasteiger partial charge in [-0.15, -0.1) is 11.8 Å². The van der Waals surface area contributed by atoms with Gasteiger partial charge in [0.1, 0.15) is 0 Å². The molecule has 0 heterocycles. The smallest absolute Gasteiger partial charge is 0.323 e. The number of hydrogen-bond donors (Lipinski definition) is 1. The number of rotatable bonds is 4. The van der Waals surface area contributed by atoms with Crippen molar-refractivity contribution in [2.24, 2.45) is 5.73 Å². The molecular formula is C15H13BrF3NS. The lowest BCUT2D eigenvalue weighted by Crippen LogP contribution is -2.19. The zero-order valence-electron chi connectivity index (χ0n) is 10.9. The number of benzene rings is 2. The van der Waals surface area contributed by atoms with Gasteiger partial charge < -0.3 is 5.73 Å². The summed E-state index contributed by atoms with van der Waals surface area (Å²) in [6.07, 6.45) is -4.38. The molecule has 0 fully saturated rings. The van der Waals surface area contributed by atoms with E-state index >= 15 is 0 Å². The van der Waals surface area contributed by atoms with E-state index in [1.165, 1.54) is 23.9 Å². The van der Waals surface area contributed by atoms with Crippen molar-refractivity contribution < 1.29 is 13.2 Å². The van der Waals surface area contributed by atoms with E-state index in [9.17, 15) is 13.2 Å². The molecule has 0 amide bonds. The van der Waals surface area contributed by atoms with E-state index in [0.717, 1.165) is 15.4 Å². The van der Waals surface area contributed by atoms with E-state index in [4.69, 9.17) is 5.73 Å². The minimum absolute atomic E-state index is 0.134. The van der Waals surface area contributed by atoms with E-state index in [0.29, 0.717) is 5.75 Å². The molecule has 1 nitrogen and oxygen atoms in total. The van der Waals surface area contributed by atoms with Crippen molar-refractivity contribution in [2.75, 3.05) is 5.75 Å². The summed E-state index contributed by atoms with van der Waals surface area (Å²) in [7, 11) is 0. The molecule has 1 unspecified atom stereocenters. The van der Waals surface area contributed by atoms with Crippen molar-refractivity contribution >= 4 is 27.7 Å². The summed E-state index contributed by atoms with van der Waals surface area (Å²) in [5.74, 6) is 0.384. The van der Waals surface area contributed by atoms with Gasteiger partial charge in [-0.1, -0.05) is 34.1 Å². The molecule has 6 heteroatoms. The lowest BCUT2D eigenvalue weighted by molar-refractivity contribution is -0.138. The van der Waals surface area contributed by atoms with Gasteiger partial charge in [-0.2, -0.15) is 13.2 Å². The van der Waals surface area contributed by atoms with Gasteiger partial charge >= 0.3 is 6.18 Å². The van der Waals surface area contributed by atoms with Crippen LogP contribution >= 0.6 is 27.7 Å². The zero-order valence-corrected chi connectivity index (χ0v) is 13.3. The fraction of sp³-hybridized carbons (Fsp3) is 0.200. The Balaban J connectivity index is 2.10. The standard InChI is InChI=1S/C15H13BrF3NS/c16-10-5-7-11(8-6-10)21-9-14(20)12-3-1-2-4-13(12)15(17,18)19/h1-8,14H,9,20H2. The molecule has 0 aliphatic carbocycles. The zero-order chi connectivity index (χ0) is 15.5. The van der Waals surface area contributed by atoms with Crippen LogP contribution in [0.2, 0.25) is 0 Å². The predicted molar refractivity (Wildman–Crippen MR) is 83.2 cm³/mol. The van der Waals surface area contributed by atoms with Gasteiger partial charge in [0.15, 0.2) is 0 Å². The SMILES string of the molecule is NC(CSc1ccc(Br)cc1)c1ccccc1C(F)(F)F. The lowest BCUT2D eigenvalue weighted by atomic mass is 10.0. The monoisotopic (exact) mass is 375 g/mol. The maximum Gasteiger partial charge on any atom is 0.416 e. The average Bonchev–Trinajstić information content (AvgIpc) is 2.45. The minimum Gasteiger partial charge on any atom is -0.323 e. The van der Waals surface area contributed by atoms with Crippen LogP contribution in [0.25, 0.3) is 0 Å². The number of hydrogen-bond acceptors (Lipinski definition) is 2. The molecule has 21 heavy (non-hydrogen) atoms. The van der Waals surface area contributed by atoms with Crippen LogP contribution in [-0.4, -0.2) is 5.75 Å². The van der Waals surface area contributed by atoms with E-state index in [-0.39, 0.29) is 5.56 Å². The van der Waals surface area contributed by atoms with Crippen LogP contribution in [-0.2, 0) is 6.18 Å². The first-order chi connectivity index (χ1) is 9.88. The van der Waals surface area contributed by atoms with Crippen LogP contribution in [0.4, 0.5) is 13.2 Å². The van der Waals surface area contributed by atoms with E-state index in [2.05, 4.69) is 15.9 Å². The summed E-state index contributed by atoms with van der Waals surface area (Å²) in [5, 5.41) is 0. The molecule has 0 radical (unpaired) electrons. The largest absolute Gasteiger partial charge is 0.416 e. The Morgan fingerprint density at radius 1 is 1.05 bits per heavy atom. The van der Waals surface area contributed by atoms with Gasteiger partial charge in [0.25, 0.3) is 0 Å². The first-order valence-electron chi connectivity index (χ1n) is 6.18. The first kappa shape index (κ1) is 16.4. The highest BCUT2D eigenvalue weighted by Gasteiger charge is 2.34. The molecule has 112 valence electrons. The molecule has 2 rings (SSSR count). The Morgan fingerprint density at radius 2 is 1.67 bits per heavy atom. The molecule has 0 aliphatic heterocycles. The van der Waals surface area contributed by atoms with E-state index in [1.54, 1.807) is 6.07 Å². The summed E-state index contributed by atoms with van der Waals surface area (Å²) in [6.45, 7) is 0. The Bertz CT molecular complexity index is 599. The van der Waals surface area contributed by atoms with E-state index in [1.807, 2.05) is 24.3 Å². The quantitative estimate of drug-likeness (QED) is 0.737. The third-order valence-electron chi connectivity index (χ3n) is 2.91. The molecular weight excluding hydrogens is 363 g/mol. The van der Waals surface area contributed by atoms with Gasteiger partial charge in [0, 0.05) is 21.2 Å². The molecule has 2 aromatic rings. The molecule has 2 aromatic carbocycles. The predicted octanol–water partition coefficient (Wildman–Crippen LogP) is 5.26. The minimum atomic E-state index is -4.38. The van der Waals surface area contributed by atoms with Gasteiger partial charge in [0.05, 0.1) is 5.56 Å². The molecule has 0 saturated carbocycles. The Morgan fingerprint density at radius 3 is 2.29 bits per heavy atom. The Kier molecular flexibility index (Phi) is 5.35. The van der Waals surface area contributed by atoms with Crippen molar-refractivity contribution in [3.63, 3.8) is 0 Å². The second-order valence-electron chi connectivity index (χ2n) is 4.46. The molecule has 0 saturated heterocycles. The molecule has 0 bridgehead atoms. The summed E-state index contributed by atoms with van der Waals surface area (Å²) >= 11 is 4.77. The third-order valence-corrected chi connectivity index (χ3v) is 4.57. The second kappa shape index (κ2) is 6.85. The molecule has 0 aliphatic rings. The van der Waals surface area contributed by atoms with Crippen molar-refractivity contribution in [2.45, 2.75) is 17.1 Å². The van der Waals surface area contributed by atoms with Crippen LogP contribution in [0.3, 0.4) is 0 Å². The maximum absolute atomic E-state index is 12.9. The van der Waals surface area contributed by atoms with Crippen LogP contribution < -0.4 is 5.73 Å². The average molecular weight is 376 g/mol. The number of nitrogens with two attached hydrogens (primary N) is 1. The third kappa shape index (κ3) is 4.49. The summed E-state index contributed by atoms with van der Waals surface area (Å²) in [5.41, 5.74) is 5.42. The van der Waals surface area contributed by atoms with Crippen LogP contribution in [0.5, 0.6) is 0 Å². The number of halogens is 4. The number of alkyl halides is 3. The Hall–Kier alpha value is -0.980. The van der Waals surface area contributed by atoms with E-state index < -0.39 is 17.8 Å². The molecule has 0 aromatic heterocycles. The number of thioether (sulfide) groups is 1. The second-order valence-corrected chi connectivity index (χ2v) is 6.47. The summed E-state index contributed by atoms with van der Waals surface area (Å²) < 4.78 is 39.8. The highest BCUT2D eigenvalue weighted by molar-refractivity contribution is 9.10. The summed E-state index contributed by atoms with van der Waals surface area (Å²) in [6, 6.07) is 12.4. The molecule has 0 spiro atoms. The normalized spacial score (nSPS) is 13.2. The van der Waals surface area contributed by atoms with Crippen LogP contribution in [0.1, 0.15) is 17.2 Å². The molecule has 2 N–H and O–H groups in total. The van der Waals surface area contributed by atoms with Crippen LogP contribution in [0.15, 0.2) is 57.9 Å². The van der Waals surface area contributed by atoms with Gasteiger partial charge in [0.2, 0.25) is 0 Å². The maximum atomic E-state index is 12.9. The Labute approximate surface area is 133 Å². The highest BCUT2D eigenvalue weighted by Crippen LogP contribution is 2.35. The topological polar surface area (TPSA) is 26.0 Å². The fourth-order valence-electron chi connectivity index (χ4n) is 1.89. The van der Waals surface area contributed by atoms with Crippen molar-refractivity contribution in [1.82, 2.24) is 0 Å². The van der Waals surface area contributed by atoms with Gasteiger partial charge in [-0.3, -0.25) is 0 Å². The molecule has 1 atom stereocenters. The lowest BCUT2D eigenvalue weighted by Gasteiger charge is -2.18. The van der Waals surface area contributed by atoms with Gasteiger partial charge in [-0.25, -0.2) is 0 Å². The summed E-state index contributed by atoms with van der Waals surface area (Å²) in [4.78, 5) is 0.970. The van der Waals surface area contributed by atoms with Gasteiger partial charge in [-0.05, 0) is 35.9 Å². The highest BCUT2D eigenvalue weighted by atomic mass is 79.9. The van der Waals surface area contributed by atoms with Crippen molar-refractivity contribution in [3.8, 4) is 0 Å². The fourth-order valence-corrected chi connectivity index (χ4v) is 3.03. The van der Waals surface area contributed by atoms with Crippen LogP contribution in [0, 0.1) is 0 Å².